The molecular formula is C46H86O11. The van der Waals surface area contributed by atoms with Crippen LogP contribution in [0.15, 0.2) is 0 Å². The lowest BCUT2D eigenvalue weighted by atomic mass is 10.0. The Morgan fingerprint density at radius 1 is 0.351 bits per heavy atom. The average Bonchev–Trinajstić information content (AvgIpc) is 3.20. The van der Waals surface area contributed by atoms with Crippen LogP contribution < -0.4 is 0 Å². The van der Waals surface area contributed by atoms with Gasteiger partial charge in [-0.3, -0.25) is 14.4 Å². The number of hydrogen-bond donors (Lipinski definition) is 3. The summed E-state index contributed by atoms with van der Waals surface area (Å²) in [6.07, 6.45) is 32.5. The third-order valence-corrected chi connectivity index (χ3v) is 10.3. The Kier molecular flexibility index (Phi) is 40.3. The van der Waals surface area contributed by atoms with Crippen molar-refractivity contribution in [1.29, 1.82) is 0 Å². The lowest BCUT2D eigenvalue weighted by molar-refractivity contribution is -0.165. The van der Waals surface area contributed by atoms with Crippen LogP contribution >= 0.6 is 0 Å². The number of rotatable bonds is 43. The van der Waals surface area contributed by atoms with E-state index < -0.39 is 61.8 Å². The maximum Gasteiger partial charge on any atom is 0.335 e. The van der Waals surface area contributed by atoms with Crippen LogP contribution in [-0.2, 0) is 38.1 Å². The Labute approximate surface area is 347 Å². The van der Waals surface area contributed by atoms with Gasteiger partial charge in [0.05, 0.1) is 6.42 Å². The highest BCUT2D eigenvalue weighted by molar-refractivity contribution is 5.81. The van der Waals surface area contributed by atoms with E-state index in [9.17, 15) is 34.5 Å². The molecule has 57 heavy (non-hydrogen) atoms. The number of carbonyl (C=O) groups is 4. The lowest BCUT2D eigenvalue weighted by Crippen LogP contribution is -2.32. The summed E-state index contributed by atoms with van der Waals surface area (Å²) in [5.41, 5.74) is 0. The van der Waals surface area contributed by atoms with Gasteiger partial charge in [0.25, 0.3) is 0 Å². The topological polar surface area (TPSA) is 166 Å². The van der Waals surface area contributed by atoms with Crippen LogP contribution in [0.5, 0.6) is 0 Å². The normalized spacial score (nSPS) is 12.9. The number of esters is 4. The largest absolute Gasteiger partial charge is 0.463 e. The van der Waals surface area contributed by atoms with E-state index in [-0.39, 0.29) is 26.1 Å². The van der Waals surface area contributed by atoms with Gasteiger partial charge in [-0.1, -0.05) is 194 Å². The molecule has 0 aliphatic rings. The smallest absolute Gasteiger partial charge is 0.335 e. The summed E-state index contributed by atoms with van der Waals surface area (Å²) >= 11 is 0. The zero-order valence-corrected chi connectivity index (χ0v) is 36.5. The second kappa shape index (κ2) is 41.9. The van der Waals surface area contributed by atoms with Crippen molar-refractivity contribution in [2.45, 2.75) is 244 Å². The molecule has 0 bridgehead atoms. The van der Waals surface area contributed by atoms with Crippen LogP contribution in [-0.4, -0.2) is 83.9 Å². The monoisotopic (exact) mass is 815 g/mol. The molecule has 11 heteroatoms. The highest BCUT2D eigenvalue weighted by Gasteiger charge is 2.23. The van der Waals surface area contributed by atoms with E-state index in [0.717, 1.165) is 32.1 Å². The van der Waals surface area contributed by atoms with E-state index in [1.54, 1.807) is 0 Å². The van der Waals surface area contributed by atoms with Crippen molar-refractivity contribution < 1.29 is 53.4 Å². The number of hydrogen-bond acceptors (Lipinski definition) is 11. The van der Waals surface area contributed by atoms with Crippen molar-refractivity contribution in [1.82, 2.24) is 0 Å². The molecule has 0 fully saturated rings. The second-order valence-electron chi connectivity index (χ2n) is 16.1. The van der Waals surface area contributed by atoms with Gasteiger partial charge in [0, 0.05) is 12.8 Å². The SMILES string of the molecule is CCCCCCCCCCCCCCCCCC(=O)OCC(O)COC(=O)CC(O)C(=O)OCC(O)COC(=O)CCCCCCCCCCCCCCCCC. The summed E-state index contributed by atoms with van der Waals surface area (Å²) in [6, 6.07) is 0. The van der Waals surface area contributed by atoms with Crippen LogP contribution in [0.1, 0.15) is 226 Å². The summed E-state index contributed by atoms with van der Waals surface area (Å²) in [6.45, 7) is 2.80. The van der Waals surface area contributed by atoms with Crippen LogP contribution in [0, 0.1) is 0 Å². The molecule has 0 aliphatic heterocycles. The van der Waals surface area contributed by atoms with Gasteiger partial charge in [-0.05, 0) is 12.8 Å². The van der Waals surface area contributed by atoms with Gasteiger partial charge in [0.1, 0.15) is 38.6 Å². The maximum atomic E-state index is 12.0. The summed E-state index contributed by atoms with van der Waals surface area (Å²) < 4.78 is 19.8. The Morgan fingerprint density at radius 2 is 0.596 bits per heavy atom. The minimum Gasteiger partial charge on any atom is -0.463 e. The number of carbonyl (C=O) groups excluding carboxylic acids is 4. The van der Waals surface area contributed by atoms with E-state index >= 15 is 0 Å². The molecule has 3 N–H and O–H groups in total. The third-order valence-electron chi connectivity index (χ3n) is 10.3. The average molecular weight is 815 g/mol. The van der Waals surface area contributed by atoms with Crippen molar-refractivity contribution >= 4 is 23.9 Å². The molecule has 0 saturated heterocycles. The van der Waals surface area contributed by atoms with Crippen molar-refractivity contribution in [2.24, 2.45) is 0 Å². The van der Waals surface area contributed by atoms with Gasteiger partial charge >= 0.3 is 23.9 Å². The molecule has 11 nitrogen and oxygen atoms in total. The molecule has 3 unspecified atom stereocenters. The zero-order valence-electron chi connectivity index (χ0n) is 36.5. The molecule has 0 heterocycles. The zero-order chi connectivity index (χ0) is 42.0. The first-order valence-corrected chi connectivity index (χ1v) is 23.4. The molecule has 0 radical (unpaired) electrons. The van der Waals surface area contributed by atoms with E-state index in [4.69, 9.17) is 18.9 Å². The van der Waals surface area contributed by atoms with Gasteiger partial charge in [-0.15, -0.1) is 0 Å². The maximum absolute atomic E-state index is 12.0. The summed E-state index contributed by atoms with van der Waals surface area (Å²) in [7, 11) is 0. The Morgan fingerprint density at radius 3 is 0.895 bits per heavy atom. The first-order valence-electron chi connectivity index (χ1n) is 23.4. The van der Waals surface area contributed by atoms with Crippen molar-refractivity contribution in [3.05, 3.63) is 0 Å². The molecule has 0 aromatic carbocycles. The van der Waals surface area contributed by atoms with Crippen molar-refractivity contribution in [3.63, 3.8) is 0 Å². The summed E-state index contributed by atoms with van der Waals surface area (Å²) in [5.74, 6) is -2.97. The molecule has 0 saturated carbocycles. The minimum atomic E-state index is -1.85. The highest BCUT2D eigenvalue weighted by atomic mass is 16.6. The molecule has 0 aromatic rings. The fraction of sp³-hybridized carbons (Fsp3) is 0.913. The lowest BCUT2D eigenvalue weighted by Gasteiger charge is -2.15. The van der Waals surface area contributed by atoms with Gasteiger partial charge in [-0.25, -0.2) is 4.79 Å². The molecule has 336 valence electrons. The fourth-order valence-electron chi connectivity index (χ4n) is 6.66. The predicted molar refractivity (Wildman–Crippen MR) is 226 cm³/mol. The van der Waals surface area contributed by atoms with Crippen LogP contribution in [0.2, 0.25) is 0 Å². The van der Waals surface area contributed by atoms with Gasteiger partial charge < -0.3 is 34.3 Å². The minimum absolute atomic E-state index is 0.252. The molecular weight excluding hydrogens is 728 g/mol. The molecule has 0 aliphatic carbocycles. The van der Waals surface area contributed by atoms with Crippen LogP contribution in [0.3, 0.4) is 0 Å². The Balaban J connectivity index is 3.71. The molecule has 0 amide bonds. The van der Waals surface area contributed by atoms with Gasteiger partial charge in [0.2, 0.25) is 0 Å². The van der Waals surface area contributed by atoms with Crippen LogP contribution in [0.25, 0.3) is 0 Å². The highest BCUT2D eigenvalue weighted by Crippen LogP contribution is 2.16. The quantitative estimate of drug-likeness (QED) is 0.0305. The first-order chi connectivity index (χ1) is 27.7. The first kappa shape index (κ1) is 54.8. The van der Waals surface area contributed by atoms with E-state index in [1.165, 1.54) is 154 Å². The second-order valence-corrected chi connectivity index (χ2v) is 16.1. The Bertz CT molecular complexity index is 943. The molecule has 3 atom stereocenters. The number of unbranched alkanes of at least 4 members (excludes halogenated alkanes) is 28. The predicted octanol–water partition coefficient (Wildman–Crippen LogP) is 10.2. The van der Waals surface area contributed by atoms with Crippen molar-refractivity contribution in [3.8, 4) is 0 Å². The number of ether oxygens (including phenoxy) is 4. The molecule has 0 aromatic heterocycles. The number of aliphatic hydroxyl groups excluding tert-OH is 3. The standard InChI is InChI=1S/C46H86O11/c1-3-5-7-9-11-13-15-17-19-21-23-25-27-29-31-33-43(50)54-36-40(47)38-56-45(52)35-42(49)46(53)57-39-41(48)37-55-44(51)34-32-30-28-26-24-22-20-18-16-14-12-10-8-6-4-2/h40-42,47-49H,3-39H2,1-2H3. The fourth-order valence-corrected chi connectivity index (χ4v) is 6.66. The molecule has 0 rings (SSSR count). The summed E-state index contributed by atoms with van der Waals surface area (Å²) in [4.78, 5) is 48.1. The Hall–Kier alpha value is -2.24. The molecule has 0 spiro atoms. The van der Waals surface area contributed by atoms with Gasteiger partial charge in [-0.2, -0.15) is 0 Å². The van der Waals surface area contributed by atoms with Gasteiger partial charge in [0.15, 0.2) is 6.10 Å². The van der Waals surface area contributed by atoms with E-state index in [1.807, 2.05) is 0 Å². The summed E-state index contributed by atoms with van der Waals surface area (Å²) in [5, 5.41) is 30.0. The van der Waals surface area contributed by atoms with Crippen LogP contribution in [0.4, 0.5) is 0 Å². The third kappa shape index (κ3) is 40.3. The van der Waals surface area contributed by atoms with Crippen molar-refractivity contribution in [2.75, 3.05) is 26.4 Å². The number of aliphatic hydroxyl groups is 3. The van der Waals surface area contributed by atoms with E-state index in [2.05, 4.69) is 13.8 Å². The van der Waals surface area contributed by atoms with E-state index in [0.29, 0.717) is 6.42 Å².